The van der Waals surface area contributed by atoms with Crippen LogP contribution in [0.2, 0.25) is 0 Å². The number of rotatable bonds is 5. The number of nitrogens with zero attached hydrogens (tertiary/aromatic N) is 5. The van der Waals surface area contributed by atoms with Crippen LogP contribution in [0, 0.1) is 22.7 Å². The van der Waals surface area contributed by atoms with Gasteiger partial charge in [0.25, 0.3) is 0 Å². The van der Waals surface area contributed by atoms with E-state index in [-0.39, 0.29) is 0 Å². The molecule has 54 heavy (non-hydrogen) atoms. The highest BCUT2D eigenvalue weighted by Gasteiger charge is 2.25. The van der Waals surface area contributed by atoms with Gasteiger partial charge in [-0.05, 0) is 48.0 Å². The maximum absolute atomic E-state index is 10.9. The summed E-state index contributed by atoms with van der Waals surface area (Å²) in [5, 5.41) is 26.0. The molecule has 10 aromatic rings. The van der Waals surface area contributed by atoms with Crippen molar-refractivity contribution in [3.05, 3.63) is 187 Å². The van der Waals surface area contributed by atoms with Gasteiger partial charge in [-0.1, -0.05) is 133 Å². The summed E-state index contributed by atoms with van der Waals surface area (Å²) < 4.78 is 4.73. The highest BCUT2D eigenvalue weighted by atomic mass is 15.0. The third kappa shape index (κ3) is 4.67. The molecule has 0 radical (unpaired) electrons. The van der Waals surface area contributed by atoms with Crippen molar-refractivity contribution in [2.75, 3.05) is 0 Å². The number of hydrogen-bond donors (Lipinski definition) is 0. The van der Waals surface area contributed by atoms with Crippen molar-refractivity contribution < 1.29 is 0 Å². The number of hydrogen-bond acceptors (Lipinski definition) is 3. The van der Waals surface area contributed by atoms with E-state index in [2.05, 4.69) is 130 Å². The van der Waals surface area contributed by atoms with E-state index in [0.717, 1.165) is 60.9 Å². The Morgan fingerprint density at radius 1 is 0.389 bits per heavy atom. The number of benzene rings is 7. The van der Waals surface area contributed by atoms with Crippen LogP contribution < -0.4 is 0 Å². The molecule has 5 nitrogen and oxygen atoms in total. The second-order valence-electron chi connectivity index (χ2n) is 13.3. The molecule has 7 aromatic carbocycles. The summed E-state index contributed by atoms with van der Waals surface area (Å²) in [5.74, 6) is 0. The molecule has 0 aliphatic heterocycles. The Hall–Kier alpha value is -7.73. The van der Waals surface area contributed by atoms with Gasteiger partial charge in [-0.25, -0.2) is 4.98 Å². The van der Waals surface area contributed by atoms with Crippen molar-refractivity contribution in [3.63, 3.8) is 0 Å². The molecule has 0 N–H and O–H groups in total. The molecule has 5 heteroatoms. The molecule has 0 aliphatic carbocycles. The minimum absolute atomic E-state index is 0.371. The van der Waals surface area contributed by atoms with E-state index >= 15 is 0 Å². The first-order valence-corrected chi connectivity index (χ1v) is 17.9. The zero-order chi connectivity index (χ0) is 36.2. The zero-order valence-electron chi connectivity index (χ0n) is 29.0. The molecular formula is C49H29N5. The smallest absolute Gasteiger partial charge is 0.102 e. The normalized spacial score (nSPS) is 11.3. The van der Waals surface area contributed by atoms with Crippen molar-refractivity contribution in [1.82, 2.24) is 14.1 Å². The minimum Gasteiger partial charge on any atom is -0.307 e. The van der Waals surface area contributed by atoms with Gasteiger partial charge in [0.05, 0.1) is 44.6 Å². The molecule has 0 bridgehead atoms. The molecular weight excluding hydrogens is 659 g/mol. The van der Waals surface area contributed by atoms with Crippen molar-refractivity contribution >= 4 is 43.6 Å². The summed E-state index contributed by atoms with van der Waals surface area (Å²) in [5.41, 5.74) is 11.4. The first-order chi connectivity index (χ1) is 26.7. The standard InChI is InChI=1S/C49H29N5/c50-30-41-45(32-15-5-1-6-16-32)42(31-51)47(52-46(41)33-17-7-2-8-18-33)34-25-28-44-40(29-34)39-27-26-38-37-23-13-14-24-43(37)53(35-19-9-3-10-20-35)48(38)49(39)54(44)36-21-11-4-12-22-36/h1-29H. The molecule has 0 unspecified atom stereocenters. The molecule has 3 heterocycles. The first-order valence-electron chi connectivity index (χ1n) is 17.9. The van der Waals surface area contributed by atoms with E-state index in [0.29, 0.717) is 28.1 Å². The van der Waals surface area contributed by atoms with Crippen LogP contribution in [0.15, 0.2) is 176 Å². The molecule has 0 spiro atoms. The van der Waals surface area contributed by atoms with Gasteiger partial charge in [0, 0.05) is 49.6 Å². The number of nitriles is 2. The summed E-state index contributed by atoms with van der Waals surface area (Å²) in [4.78, 5) is 5.17. The summed E-state index contributed by atoms with van der Waals surface area (Å²) in [6.45, 7) is 0. The Labute approximate surface area is 311 Å². The van der Waals surface area contributed by atoms with Gasteiger partial charge < -0.3 is 9.13 Å². The Morgan fingerprint density at radius 2 is 0.852 bits per heavy atom. The van der Waals surface area contributed by atoms with Crippen LogP contribution >= 0.6 is 0 Å². The number of fused-ring (bicyclic) bond motifs is 7. The molecule has 0 fully saturated rings. The Balaban J connectivity index is 1.34. The predicted molar refractivity (Wildman–Crippen MR) is 219 cm³/mol. The van der Waals surface area contributed by atoms with Crippen LogP contribution in [0.5, 0.6) is 0 Å². The third-order valence-electron chi connectivity index (χ3n) is 10.4. The van der Waals surface area contributed by atoms with E-state index in [9.17, 15) is 10.5 Å². The van der Waals surface area contributed by atoms with Crippen LogP contribution in [0.4, 0.5) is 0 Å². The van der Waals surface area contributed by atoms with E-state index in [1.807, 2.05) is 66.7 Å². The zero-order valence-corrected chi connectivity index (χ0v) is 29.0. The lowest BCUT2D eigenvalue weighted by Crippen LogP contribution is -2.02. The van der Waals surface area contributed by atoms with Crippen LogP contribution in [-0.4, -0.2) is 14.1 Å². The van der Waals surface area contributed by atoms with E-state index in [1.165, 1.54) is 10.8 Å². The van der Waals surface area contributed by atoms with Crippen molar-refractivity contribution in [3.8, 4) is 57.2 Å². The van der Waals surface area contributed by atoms with Gasteiger partial charge in [0.2, 0.25) is 0 Å². The topological polar surface area (TPSA) is 70.3 Å². The molecule has 3 aromatic heterocycles. The van der Waals surface area contributed by atoms with Crippen molar-refractivity contribution in [1.29, 1.82) is 10.5 Å². The number of aromatic nitrogens is 3. The van der Waals surface area contributed by atoms with E-state index < -0.39 is 0 Å². The van der Waals surface area contributed by atoms with Gasteiger partial charge in [0.1, 0.15) is 12.1 Å². The molecule has 0 aliphatic rings. The molecule has 0 saturated carbocycles. The summed E-state index contributed by atoms with van der Waals surface area (Å²) in [6, 6.07) is 64.8. The van der Waals surface area contributed by atoms with Gasteiger partial charge in [-0.3, -0.25) is 0 Å². The Morgan fingerprint density at radius 3 is 1.43 bits per heavy atom. The molecule has 0 atom stereocenters. The lowest BCUT2D eigenvalue weighted by atomic mass is 9.89. The highest BCUT2D eigenvalue weighted by Crippen LogP contribution is 2.44. The van der Waals surface area contributed by atoms with Crippen molar-refractivity contribution in [2.24, 2.45) is 0 Å². The van der Waals surface area contributed by atoms with E-state index in [1.54, 1.807) is 0 Å². The van der Waals surface area contributed by atoms with Crippen LogP contribution in [0.25, 0.3) is 88.6 Å². The van der Waals surface area contributed by atoms with Crippen molar-refractivity contribution in [2.45, 2.75) is 0 Å². The fraction of sp³-hybridized carbons (Fsp3) is 0. The fourth-order valence-electron chi connectivity index (χ4n) is 8.10. The van der Waals surface area contributed by atoms with Crippen LogP contribution in [0.3, 0.4) is 0 Å². The average Bonchev–Trinajstić information content (AvgIpc) is 3.77. The second kappa shape index (κ2) is 12.5. The summed E-state index contributed by atoms with van der Waals surface area (Å²) in [6.07, 6.45) is 0. The lowest BCUT2D eigenvalue weighted by molar-refractivity contribution is 1.15. The quantitative estimate of drug-likeness (QED) is 0.181. The SMILES string of the molecule is N#Cc1c(-c2ccccc2)nc(-c2ccc3c(c2)c2ccc4c5ccccc5n(-c5ccccc5)c4c2n3-c2ccccc2)c(C#N)c1-c1ccccc1. The van der Waals surface area contributed by atoms with Gasteiger partial charge in [-0.2, -0.15) is 10.5 Å². The third-order valence-corrected chi connectivity index (χ3v) is 10.4. The molecule has 0 saturated heterocycles. The highest BCUT2D eigenvalue weighted by molar-refractivity contribution is 6.24. The summed E-state index contributed by atoms with van der Waals surface area (Å²) in [7, 11) is 0. The predicted octanol–water partition coefficient (Wildman–Crippen LogP) is 12.0. The van der Waals surface area contributed by atoms with E-state index in [4.69, 9.17) is 4.98 Å². The Bertz CT molecular complexity index is 3150. The molecule has 250 valence electrons. The van der Waals surface area contributed by atoms with Gasteiger partial charge in [-0.15, -0.1) is 0 Å². The molecule has 10 rings (SSSR count). The Kier molecular flexibility index (Phi) is 7.18. The lowest BCUT2D eigenvalue weighted by Gasteiger charge is -2.16. The maximum Gasteiger partial charge on any atom is 0.102 e. The maximum atomic E-state index is 10.9. The monoisotopic (exact) mass is 687 g/mol. The second-order valence-corrected chi connectivity index (χ2v) is 13.3. The average molecular weight is 688 g/mol. The van der Waals surface area contributed by atoms with Crippen LogP contribution in [0.1, 0.15) is 11.1 Å². The fourth-order valence-corrected chi connectivity index (χ4v) is 8.10. The number of para-hydroxylation sites is 3. The number of pyridine rings is 1. The molecule has 0 amide bonds. The van der Waals surface area contributed by atoms with Gasteiger partial charge >= 0.3 is 0 Å². The first kappa shape index (κ1) is 31.0. The minimum atomic E-state index is 0.371. The van der Waals surface area contributed by atoms with Gasteiger partial charge in [0.15, 0.2) is 0 Å². The summed E-state index contributed by atoms with van der Waals surface area (Å²) >= 11 is 0. The van der Waals surface area contributed by atoms with Crippen LogP contribution in [-0.2, 0) is 0 Å². The largest absolute Gasteiger partial charge is 0.307 e.